The van der Waals surface area contributed by atoms with E-state index in [0.29, 0.717) is 11.0 Å². The van der Waals surface area contributed by atoms with Crippen LogP contribution in [0.25, 0.3) is 6.08 Å². The van der Waals surface area contributed by atoms with E-state index in [1.165, 1.54) is 17.4 Å². The summed E-state index contributed by atoms with van der Waals surface area (Å²) in [4.78, 5) is 11.8. The Morgan fingerprint density at radius 2 is 1.95 bits per heavy atom. The average molecular weight is 301 g/mol. The Bertz CT molecular complexity index is 603. The Kier molecular flexibility index (Phi) is 5.63. The number of carbonyl (C=O) groups excluding carboxylic acids is 1. The first kappa shape index (κ1) is 15.4. The minimum Gasteiger partial charge on any atom is -0.297 e. The van der Waals surface area contributed by atoms with Gasteiger partial charge in [0.25, 0.3) is 0 Å². The predicted octanol–water partition coefficient (Wildman–Crippen LogP) is 4.09. The molecular weight excluding hydrogens is 282 g/mol. The van der Waals surface area contributed by atoms with E-state index in [2.05, 4.69) is 29.4 Å². The van der Waals surface area contributed by atoms with Gasteiger partial charge in [-0.3, -0.25) is 10.1 Å². The standard InChI is InChI=1S/C16H19N3OS/c1-3-13(4-2)15-18-19-16(21-15)17-14(20)11-10-12-8-6-5-7-9-12/h5-11,13H,3-4H2,1-2H3,(H,17,19,20). The van der Waals surface area contributed by atoms with Crippen molar-refractivity contribution in [2.75, 3.05) is 5.32 Å². The number of anilines is 1. The van der Waals surface area contributed by atoms with Gasteiger partial charge in [0.15, 0.2) is 0 Å². The molecule has 0 aliphatic rings. The van der Waals surface area contributed by atoms with Crippen LogP contribution in [0.1, 0.15) is 43.2 Å². The van der Waals surface area contributed by atoms with Crippen molar-refractivity contribution in [3.8, 4) is 0 Å². The van der Waals surface area contributed by atoms with E-state index >= 15 is 0 Å². The lowest BCUT2D eigenvalue weighted by Crippen LogP contribution is -2.07. The maximum atomic E-state index is 11.8. The monoisotopic (exact) mass is 301 g/mol. The molecule has 21 heavy (non-hydrogen) atoms. The number of hydrogen-bond donors (Lipinski definition) is 1. The van der Waals surface area contributed by atoms with E-state index in [9.17, 15) is 4.79 Å². The Morgan fingerprint density at radius 1 is 1.24 bits per heavy atom. The van der Waals surface area contributed by atoms with E-state index in [1.807, 2.05) is 30.3 Å². The fraction of sp³-hybridized carbons (Fsp3) is 0.312. The van der Waals surface area contributed by atoms with Gasteiger partial charge in [0.05, 0.1) is 0 Å². The highest BCUT2D eigenvalue weighted by Crippen LogP contribution is 2.27. The first-order valence-electron chi connectivity index (χ1n) is 7.10. The number of hydrogen-bond acceptors (Lipinski definition) is 4. The lowest BCUT2D eigenvalue weighted by atomic mass is 10.1. The van der Waals surface area contributed by atoms with Crippen molar-refractivity contribution in [2.45, 2.75) is 32.6 Å². The van der Waals surface area contributed by atoms with E-state index < -0.39 is 0 Å². The molecule has 1 heterocycles. The van der Waals surface area contributed by atoms with Gasteiger partial charge in [0.1, 0.15) is 5.01 Å². The van der Waals surface area contributed by atoms with Crippen LogP contribution in [0.4, 0.5) is 5.13 Å². The van der Waals surface area contributed by atoms with E-state index in [0.717, 1.165) is 23.4 Å². The number of nitrogens with one attached hydrogen (secondary N) is 1. The van der Waals surface area contributed by atoms with Gasteiger partial charge in [-0.15, -0.1) is 10.2 Å². The van der Waals surface area contributed by atoms with Crippen molar-refractivity contribution in [3.63, 3.8) is 0 Å². The van der Waals surface area contributed by atoms with Crippen LogP contribution < -0.4 is 5.32 Å². The molecule has 0 fully saturated rings. The first-order valence-corrected chi connectivity index (χ1v) is 7.92. The van der Waals surface area contributed by atoms with E-state index in [4.69, 9.17) is 0 Å². The zero-order valence-corrected chi connectivity index (χ0v) is 13.1. The molecule has 0 atom stereocenters. The molecule has 0 saturated carbocycles. The van der Waals surface area contributed by atoms with Gasteiger partial charge < -0.3 is 0 Å². The quantitative estimate of drug-likeness (QED) is 0.817. The zero-order valence-electron chi connectivity index (χ0n) is 12.2. The van der Waals surface area contributed by atoms with Crippen molar-refractivity contribution in [1.29, 1.82) is 0 Å². The number of carbonyl (C=O) groups is 1. The summed E-state index contributed by atoms with van der Waals surface area (Å²) in [5, 5.41) is 12.5. The summed E-state index contributed by atoms with van der Waals surface area (Å²) in [6.07, 6.45) is 5.35. The molecule has 0 radical (unpaired) electrons. The first-order chi connectivity index (χ1) is 10.2. The van der Waals surface area contributed by atoms with Crippen LogP contribution in [0, 0.1) is 0 Å². The molecular formula is C16H19N3OS. The fourth-order valence-electron chi connectivity index (χ4n) is 1.97. The molecule has 110 valence electrons. The third-order valence-electron chi connectivity index (χ3n) is 3.23. The SMILES string of the molecule is CCC(CC)c1nnc(NC(=O)C=Cc2ccccc2)s1. The smallest absolute Gasteiger partial charge is 0.250 e. The zero-order chi connectivity index (χ0) is 15.1. The molecule has 1 aromatic heterocycles. The van der Waals surface area contributed by atoms with Crippen molar-refractivity contribution in [3.05, 3.63) is 47.0 Å². The number of aromatic nitrogens is 2. The summed E-state index contributed by atoms with van der Waals surface area (Å²) in [5.74, 6) is 0.235. The minimum atomic E-state index is -0.189. The summed E-state index contributed by atoms with van der Waals surface area (Å²) < 4.78 is 0. The fourth-order valence-corrected chi connectivity index (χ4v) is 2.98. The van der Waals surface area contributed by atoms with Gasteiger partial charge in [0, 0.05) is 12.0 Å². The van der Waals surface area contributed by atoms with Gasteiger partial charge in [-0.1, -0.05) is 55.5 Å². The second-order valence-electron chi connectivity index (χ2n) is 4.69. The summed E-state index contributed by atoms with van der Waals surface area (Å²) in [5.41, 5.74) is 0.989. The van der Waals surface area contributed by atoms with Crippen molar-refractivity contribution in [2.24, 2.45) is 0 Å². The topological polar surface area (TPSA) is 54.9 Å². The molecule has 1 aromatic carbocycles. The van der Waals surface area contributed by atoms with Crippen LogP contribution in [0.3, 0.4) is 0 Å². The number of nitrogens with zero attached hydrogens (tertiary/aromatic N) is 2. The molecule has 0 bridgehead atoms. The Labute approximate surface area is 128 Å². The van der Waals surface area contributed by atoms with E-state index in [-0.39, 0.29) is 5.91 Å². The molecule has 0 aliphatic heterocycles. The van der Waals surface area contributed by atoms with Gasteiger partial charge in [-0.25, -0.2) is 0 Å². The summed E-state index contributed by atoms with van der Waals surface area (Å²) in [6.45, 7) is 4.27. The Morgan fingerprint density at radius 3 is 2.62 bits per heavy atom. The lowest BCUT2D eigenvalue weighted by molar-refractivity contribution is -0.111. The summed E-state index contributed by atoms with van der Waals surface area (Å²) >= 11 is 1.45. The molecule has 2 rings (SSSR count). The maximum Gasteiger partial charge on any atom is 0.250 e. The van der Waals surface area contributed by atoms with Gasteiger partial charge >= 0.3 is 0 Å². The highest BCUT2D eigenvalue weighted by atomic mass is 32.1. The van der Waals surface area contributed by atoms with Crippen LogP contribution in [-0.4, -0.2) is 16.1 Å². The van der Waals surface area contributed by atoms with Crippen LogP contribution in [0.5, 0.6) is 0 Å². The second kappa shape index (κ2) is 7.69. The maximum absolute atomic E-state index is 11.8. The van der Waals surface area contributed by atoms with Crippen LogP contribution in [0.2, 0.25) is 0 Å². The van der Waals surface area contributed by atoms with Crippen molar-refractivity contribution >= 4 is 28.5 Å². The Balaban J connectivity index is 1.95. The average Bonchev–Trinajstić information content (AvgIpc) is 2.96. The molecule has 0 unspecified atom stereocenters. The number of benzene rings is 1. The molecule has 4 nitrogen and oxygen atoms in total. The van der Waals surface area contributed by atoms with Crippen LogP contribution >= 0.6 is 11.3 Å². The molecule has 2 aromatic rings. The van der Waals surface area contributed by atoms with Gasteiger partial charge in [0.2, 0.25) is 11.0 Å². The minimum absolute atomic E-state index is 0.189. The predicted molar refractivity (Wildman–Crippen MR) is 87.3 cm³/mol. The second-order valence-corrected chi connectivity index (χ2v) is 5.70. The highest BCUT2D eigenvalue weighted by Gasteiger charge is 2.13. The number of amides is 1. The van der Waals surface area contributed by atoms with Crippen molar-refractivity contribution in [1.82, 2.24) is 10.2 Å². The lowest BCUT2D eigenvalue weighted by Gasteiger charge is -2.05. The molecule has 0 spiro atoms. The van der Waals surface area contributed by atoms with Gasteiger partial charge in [-0.2, -0.15) is 0 Å². The third kappa shape index (κ3) is 4.49. The highest BCUT2D eigenvalue weighted by molar-refractivity contribution is 7.15. The third-order valence-corrected chi connectivity index (χ3v) is 4.23. The largest absolute Gasteiger partial charge is 0.297 e. The molecule has 1 N–H and O–H groups in total. The van der Waals surface area contributed by atoms with E-state index in [1.54, 1.807) is 6.08 Å². The molecule has 0 saturated heterocycles. The van der Waals surface area contributed by atoms with Crippen LogP contribution in [0.15, 0.2) is 36.4 Å². The van der Waals surface area contributed by atoms with Crippen LogP contribution in [-0.2, 0) is 4.79 Å². The van der Waals surface area contributed by atoms with Crippen molar-refractivity contribution < 1.29 is 4.79 Å². The summed E-state index contributed by atoms with van der Waals surface area (Å²) in [7, 11) is 0. The molecule has 1 amide bonds. The molecule has 5 heteroatoms. The van der Waals surface area contributed by atoms with Gasteiger partial charge in [-0.05, 0) is 24.5 Å². The Hall–Kier alpha value is -2.01. The number of rotatable bonds is 6. The normalized spacial score (nSPS) is 11.2. The molecule has 0 aliphatic carbocycles. The summed E-state index contributed by atoms with van der Waals surface area (Å²) in [6, 6.07) is 9.70.